The van der Waals surface area contributed by atoms with Gasteiger partial charge in [-0.05, 0) is 24.8 Å². The number of benzene rings is 1. The van der Waals surface area contributed by atoms with E-state index in [1.807, 2.05) is 6.08 Å². The average molecular weight is 231 g/mol. The largest absolute Gasteiger partial charge is 0.381 e. The van der Waals surface area contributed by atoms with E-state index < -0.39 is 0 Å². The Kier molecular flexibility index (Phi) is 3.97. The molecule has 1 atom stereocenters. The van der Waals surface area contributed by atoms with E-state index in [0.29, 0.717) is 0 Å². The summed E-state index contributed by atoms with van der Waals surface area (Å²) >= 11 is 0. The molecule has 0 aliphatic carbocycles. The number of hydrogen-bond acceptors (Lipinski definition) is 2. The fraction of sp³-hybridized carbons (Fsp3) is 0.467. The highest BCUT2D eigenvalue weighted by molar-refractivity contribution is 5.28. The maximum absolute atomic E-state index is 6.40. The zero-order chi connectivity index (χ0) is 12.1. The molecule has 0 amide bonds. The Bertz CT molecular complexity index is 354. The van der Waals surface area contributed by atoms with E-state index >= 15 is 0 Å². The highest BCUT2D eigenvalue weighted by Gasteiger charge is 2.39. The van der Waals surface area contributed by atoms with Crippen molar-refractivity contribution in [3.05, 3.63) is 48.6 Å². The molecule has 92 valence electrons. The normalized spacial score (nSPS) is 20.8. The lowest BCUT2D eigenvalue weighted by Gasteiger charge is -2.42. The van der Waals surface area contributed by atoms with Crippen molar-refractivity contribution in [3.8, 4) is 0 Å². The number of hydrogen-bond donors (Lipinski definition) is 1. The summed E-state index contributed by atoms with van der Waals surface area (Å²) in [7, 11) is 0. The standard InChI is InChI=1S/C15H21NO/c1-2-6-14(16)15(9-11-17-12-10-15)13-7-4-3-5-8-13/h2-5,7-8,14H,1,6,9-12,16H2. The average Bonchev–Trinajstić information content (AvgIpc) is 2.41. The van der Waals surface area contributed by atoms with Crippen molar-refractivity contribution < 1.29 is 4.74 Å². The van der Waals surface area contributed by atoms with Crippen LogP contribution in [-0.4, -0.2) is 19.3 Å². The van der Waals surface area contributed by atoms with Gasteiger partial charge in [-0.1, -0.05) is 36.4 Å². The van der Waals surface area contributed by atoms with Crippen LogP contribution in [0, 0.1) is 0 Å². The smallest absolute Gasteiger partial charge is 0.0475 e. The van der Waals surface area contributed by atoms with Crippen LogP contribution in [0.2, 0.25) is 0 Å². The second kappa shape index (κ2) is 5.48. The number of rotatable bonds is 4. The van der Waals surface area contributed by atoms with Gasteiger partial charge in [-0.3, -0.25) is 0 Å². The highest BCUT2D eigenvalue weighted by Crippen LogP contribution is 2.38. The molecule has 1 saturated heterocycles. The van der Waals surface area contributed by atoms with Crippen molar-refractivity contribution in [1.29, 1.82) is 0 Å². The SMILES string of the molecule is C=CCC(N)C1(c2ccccc2)CCOCC1. The van der Waals surface area contributed by atoms with E-state index in [2.05, 4.69) is 36.9 Å². The van der Waals surface area contributed by atoms with Gasteiger partial charge < -0.3 is 10.5 Å². The zero-order valence-electron chi connectivity index (χ0n) is 10.3. The summed E-state index contributed by atoms with van der Waals surface area (Å²) in [5, 5.41) is 0. The molecular weight excluding hydrogens is 210 g/mol. The van der Waals surface area contributed by atoms with Crippen molar-refractivity contribution >= 4 is 0 Å². The second-order valence-electron chi connectivity index (χ2n) is 4.77. The van der Waals surface area contributed by atoms with Crippen molar-refractivity contribution in [2.24, 2.45) is 5.73 Å². The molecule has 0 bridgehead atoms. The first kappa shape index (κ1) is 12.3. The van der Waals surface area contributed by atoms with Crippen LogP contribution in [0.15, 0.2) is 43.0 Å². The minimum atomic E-state index is 0.0632. The predicted octanol–water partition coefficient (Wildman–Crippen LogP) is 2.64. The molecule has 2 heteroatoms. The summed E-state index contributed by atoms with van der Waals surface area (Å²) in [6, 6.07) is 10.7. The molecule has 1 aliphatic heterocycles. The van der Waals surface area contributed by atoms with Crippen LogP contribution in [-0.2, 0) is 10.2 Å². The summed E-state index contributed by atoms with van der Waals surface area (Å²) in [5.41, 5.74) is 7.81. The van der Waals surface area contributed by atoms with Gasteiger partial charge in [0.05, 0.1) is 0 Å². The van der Waals surface area contributed by atoms with Gasteiger partial charge in [-0.2, -0.15) is 0 Å². The van der Waals surface area contributed by atoms with Crippen LogP contribution in [0.3, 0.4) is 0 Å². The summed E-state index contributed by atoms with van der Waals surface area (Å²) < 4.78 is 5.49. The summed E-state index contributed by atoms with van der Waals surface area (Å²) in [6.07, 6.45) is 4.79. The van der Waals surface area contributed by atoms with E-state index in [1.165, 1.54) is 5.56 Å². The van der Waals surface area contributed by atoms with E-state index in [9.17, 15) is 0 Å². The van der Waals surface area contributed by atoms with Crippen LogP contribution in [0.5, 0.6) is 0 Å². The van der Waals surface area contributed by atoms with Crippen LogP contribution in [0.4, 0.5) is 0 Å². The molecular formula is C15H21NO. The molecule has 1 fully saturated rings. The molecule has 1 aromatic rings. The molecule has 2 rings (SSSR count). The lowest BCUT2D eigenvalue weighted by molar-refractivity contribution is 0.0403. The van der Waals surface area contributed by atoms with Crippen molar-refractivity contribution in [1.82, 2.24) is 0 Å². The molecule has 1 aliphatic rings. The Morgan fingerprint density at radius 2 is 1.94 bits per heavy atom. The maximum atomic E-state index is 6.40. The fourth-order valence-electron chi connectivity index (χ4n) is 2.78. The molecule has 2 nitrogen and oxygen atoms in total. The van der Waals surface area contributed by atoms with Gasteiger partial charge >= 0.3 is 0 Å². The van der Waals surface area contributed by atoms with E-state index in [1.54, 1.807) is 0 Å². The first-order valence-electron chi connectivity index (χ1n) is 6.29. The van der Waals surface area contributed by atoms with E-state index in [0.717, 1.165) is 32.5 Å². The first-order valence-corrected chi connectivity index (χ1v) is 6.29. The Labute approximate surface area is 103 Å². The number of ether oxygens (including phenoxy) is 1. The summed E-state index contributed by atoms with van der Waals surface area (Å²) in [6.45, 7) is 5.42. The van der Waals surface area contributed by atoms with Crippen molar-refractivity contribution in [2.75, 3.05) is 13.2 Å². The molecule has 0 spiro atoms. The summed E-state index contributed by atoms with van der Waals surface area (Å²) in [5.74, 6) is 0. The zero-order valence-corrected chi connectivity index (χ0v) is 10.3. The Morgan fingerprint density at radius 1 is 1.29 bits per heavy atom. The lowest BCUT2D eigenvalue weighted by Crippen LogP contribution is -2.48. The van der Waals surface area contributed by atoms with Gasteiger partial charge in [0.1, 0.15) is 0 Å². The van der Waals surface area contributed by atoms with E-state index in [-0.39, 0.29) is 11.5 Å². The molecule has 0 aromatic heterocycles. The van der Waals surface area contributed by atoms with Crippen LogP contribution in [0.1, 0.15) is 24.8 Å². The lowest BCUT2D eigenvalue weighted by atomic mass is 9.68. The highest BCUT2D eigenvalue weighted by atomic mass is 16.5. The molecule has 1 heterocycles. The third-order valence-electron chi connectivity index (χ3n) is 3.86. The Balaban J connectivity index is 2.32. The van der Waals surface area contributed by atoms with Gasteiger partial charge in [0.15, 0.2) is 0 Å². The Morgan fingerprint density at radius 3 is 2.53 bits per heavy atom. The molecule has 0 saturated carbocycles. The van der Waals surface area contributed by atoms with Gasteiger partial charge in [-0.25, -0.2) is 0 Å². The molecule has 1 aromatic carbocycles. The number of nitrogens with two attached hydrogens (primary N) is 1. The molecule has 17 heavy (non-hydrogen) atoms. The van der Waals surface area contributed by atoms with Crippen LogP contribution in [0.25, 0.3) is 0 Å². The maximum Gasteiger partial charge on any atom is 0.0475 e. The topological polar surface area (TPSA) is 35.2 Å². The van der Waals surface area contributed by atoms with Crippen molar-refractivity contribution in [2.45, 2.75) is 30.7 Å². The quantitative estimate of drug-likeness (QED) is 0.808. The molecule has 1 unspecified atom stereocenters. The minimum absolute atomic E-state index is 0.0632. The van der Waals surface area contributed by atoms with Gasteiger partial charge in [-0.15, -0.1) is 6.58 Å². The van der Waals surface area contributed by atoms with Crippen molar-refractivity contribution in [3.63, 3.8) is 0 Å². The second-order valence-corrected chi connectivity index (χ2v) is 4.77. The molecule has 2 N–H and O–H groups in total. The fourth-order valence-corrected chi connectivity index (χ4v) is 2.78. The third-order valence-corrected chi connectivity index (χ3v) is 3.86. The summed E-state index contributed by atoms with van der Waals surface area (Å²) in [4.78, 5) is 0. The predicted molar refractivity (Wildman–Crippen MR) is 71.0 cm³/mol. The first-order chi connectivity index (χ1) is 8.29. The van der Waals surface area contributed by atoms with Gasteiger partial charge in [0.2, 0.25) is 0 Å². The minimum Gasteiger partial charge on any atom is -0.381 e. The third kappa shape index (κ3) is 2.43. The van der Waals surface area contributed by atoms with Crippen LogP contribution < -0.4 is 5.73 Å². The monoisotopic (exact) mass is 231 g/mol. The Hall–Kier alpha value is -1.12. The van der Waals surface area contributed by atoms with Gasteiger partial charge in [0.25, 0.3) is 0 Å². The van der Waals surface area contributed by atoms with Gasteiger partial charge in [0, 0.05) is 24.7 Å². The molecule has 0 radical (unpaired) electrons. The van der Waals surface area contributed by atoms with Crippen LogP contribution >= 0.6 is 0 Å². The van der Waals surface area contributed by atoms with E-state index in [4.69, 9.17) is 10.5 Å².